The summed E-state index contributed by atoms with van der Waals surface area (Å²) in [5.41, 5.74) is 0.415. The standard InChI is InChI=1S/C27H31FN4O4/c1-30-17-27(35,18-30)19-36-24-8-6-22(7-9-24)32-23(10-13-29-32)16-26(34)11-14-31(15-12-26)25(33)20-2-4-21(28)5-3-20/h2-10,13,34-35H,11-12,14-19H2,1H3. The number of carbonyl (C=O) groups excluding carboxylic acids is 1. The second-order valence-electron chi connectivity index (χ2n) is 10.1. The van der Waals surface area contributed by atoms with Gasteiger partial charge in [-0.2, -0.15) is 5.10 Å². The van der Waals surface area contributed by atoms with Crippen molar-refractivity contribution in [2.24, 2.45) is 0 Å². The monoisotopic (exact) mass is 494 g/mol. The largest absolute Gasteiger partial charge is 0.490 e. The first-order chi connectivity index (χ1) is 17.2. The zero-order chi connectivity index (χ0) is 25.3. The van der Waals surface area contributed by atoms with E-state index in [0.29, 0.717) is 56.8 Å². The molecule has 2 aliphatic rings. The van der Waals surface area contributed by atoms with Gasteiger partial charge in [0.25, 0.3) is 5.91 Å². The zero-order valence-electron chi connectivity index (χ0n) is 20.3. The number of amides is 1. The lowest BCUT2D eigenvalue weighted by Gasteiger charge is -2.43. The van der Waals surface area contributed by atoms with E-state index in [0.717, 1.165) is 11.4 Å². The number of benzene rings is 2. The molecular formula is C27H31FN4O4. The van der Waals surface area contributed by atoms with Crippen molar-refractivity contribution in [1.29, 1.82) is 0 Å². The lowest BCUT2D eigenvalue weighted by molar-refractivity contribution is -0.110. The maximum Gasteiger partial charge on any atom is 0.253 e. The van der Waals surface area contributed by atoms with Gasteiger partial charge in [0.1, 0.15) is 23.8 Å². The number of ether oxygens (including phenoxy) is 1. The number of hydrogen-bond donors (Lipinski definition) is 2. The van der Waals surface area contributed by atoms with Gasteiger partial charge in [-0.15, -0.1) is 0 Å². The van der Waals surface area contributed by atoms with Gasteiger partial charge in [0.15, 0.2) is 0 Å². The van der Waals surface area contributed by atoms with Crippen LogP contribution in [0.15, 0.2) is 60.8 Å². The molecule has 3 heterocycles. The number of rotatable bonds is 7. The lowest BCUT2D eigenvalue weighted by atomic mass is 9.86. The Labute approximate surface area is 209 Å². The zero-order valence-corrected chi connectivity index (χ0v) is 20.3. The summed E-state index contributed by atoms with van der Waals surface area (Å²) >= 11 is 0. The first-order valence-electron chi connectivity index (χ1n) is 12.2. The number of halogens is 1. The number of hydrogen-bond acceptors (Lipinski definition) is 6. The summed E-state index contributed by atoms with van der Waals surface area (Å²) in [6.45, 7) is 2.30. The number of likely N-dealkylation sites (tertiary alicyclic amines) is 2. The average molecular weight is 495 g/mol. The predicted octanol–water partition coefficient (Wildman–Crippen LogP) is 2.28. The molecule has 2 aromatic carbocycles. The van der Waals surface area contributed by atoms with Crippen molar-refractivity contribution in [3.8, 4) is 11.4 Å². The average Bonchev–Trinajstić information content (AvgIpc) is 3.30. The molecule has 8 nitrogen and oxygen atoms in total. The highest BCUT2D eigenvalue weighted by Crippen LogP contribution is 2.29. The van der Waals surface area contributed by atoms with E-state index < -0.39 is 11.2 Å². The molecule has 2 fully saturated rings. The van der Waals surface area contributed by atoms with Crippen molar-refractivity contribution in [3.63, 3.8) is 0 Å². The molecule has 1 amide bonds. The first-order valence-corrected chi connectivity index (χ1v) is 12.2. The van der Waals surface area contributed by atoms with E-state index >= 15 is 0 Å². The highest BCUT2D eigenvalue weighted by atomic mass is 19.1. The quantitative estimate of drug-likeness (QED) is 0.524. The van der Waals surface area contributed by atoms with Crippen LogP contribution in [0.4, 0.5) is 4.39 Å². The van der Waals surface area contributed by atoms with Gasteiger partial charge in [0.2, 0.25) is 0 Å². The minimum Gasteiger partial charge on any atom is -0.490 e. The third-order valence-corrected chi connectivity index (χ3v) is 7.02. The molecule has 9 heteroatoms. The fourth-order valence-corrected chi connectivity index (χ4v) is 5.06. The molecule has 1 aromatic heterocycles. The number of aliphatic hydroxyl groups is 2. The molecular weight excluding hydrogens is 463 g/mol. The maximum absolute atomic E-state index is 13.2. The number of likely N-dealkylation sites (N-methyl/N-ethyl adjacent to an activating group) is 1. The molecule has 0 radical (unpaired) electrons. The summed E-state index contributed by atoms with van der Waals surface area (Å²) in [6.07, 6.45) is 3.00. The number of β-amino-alcohol motifs (C(OH)–C–C–N with tert-alkyl or cyclic N) is 1. The van der Waals surface area contributed by atoms with E-state index in [1.54, 1.807) is 15.8 Å². The maximum atomic E-state index is 13.2. The Hall–Kier alpha value is -3.27. The number of aromatic nitrogens is 2. The van der Waals surface area contributed by atoms with Gasteiger partial charge in [0.05, 0.1) is 11.3 Å². The molecule has 2 N–H and O–H groups in total. The Morgan fingerprint density at radius 1 is 1.00 bits per heavy atom. The number of piperidine rings is 1. The summed E-state index contributed by atoms with van der Waals surface area (Å²) in [5.74, 6) is 0.145. The minimum atomic E-state index is -0.953. The van der Waals surface area contributed by atoms with E-state index in [1.807, 2.05) is 42.3 Å². The van der Waals surface area contributed by atoms with Crippen LogP contribution < -0.4 is 4.74 Å². The SMILES string of the molecule is CN1CC(O)(COc2ccc(-n3nccc3CC3(O)CCN(C(=O)c4ccc(F)cc4)CC3)cc2)C1. The molecule has 0 saturated carbocycles. The Morgan fingerprint density at radius 2 is 1.67 bits per heavy atom. The van der Waals surface area contributed by atoms with Crippen molar-refractivity contribution in [2.45, 2.75) is 30.5 Å². The molecule has 0 aliphatic carbocycles. The number of carbonyl (C=O) groups is 1. The Morgan fingerprint density at radius 3 is 2.31 bits per heavy atom. The summed E-state index contributed by atoms with van der Waals surface area (Å²) in [7, 11) is 1.96. The summed E-state index contributed by atoms with van der Waals surface area (Å²) in [4.78, 5) is 16.5. The Kier molecular flexibility index (Phi) is 6.55. The Balaban J connectivity index is 1.19. The van der Waals surface area contributed by atoms with Crippen LogP contribution in [0.5, 0.6) is 5.75 Å². The topological polar surface area (TPSA) is 91.1 Å². The van der Waals surface area contributed by atoms with Crippen LogP contribution >= 0.6 is 0 Å². The fraction of sp³-hybridized carbons (Fsp3) is 0.407. The first kappa shape index (κ1) is 24.4. The second-order valence-corrected chi connectivity index (χ2v) is 10.1. The smallest absolute Gasteiger partial charge is 0.253 e. The van der Waals surface area contributed by atoms with Crippen LogP contribution in [0.2, 0.25) is 0 Å². The van der Waals surface area contributed by atoms with E-state index in [-0.39, 0.29) is 18.3 Å². The molecule has 190 valence electrons. The van der Waals surface area contributed by atoms with E-state index in [9.17, 15) is 19.4 Å². The predicted molar refractivity (Wildman–Crippen MR) is 132 cm³/mol. The summed E-state index contributed by atoms with van der Waals surface area (Å²) in [6, 6.07) is 14.9. The summed E-state index contributed by atoms with van der Waals surface area (Å²) < 4.78 is 20.7. The van der Waals surface area contributed by atoms with E-state index in [2.05, 4.69) is 5.10 Å². The fourth-order valence-electron chi connectivity index (χ4n) is 5.06. The molecule has 2 aliphatic heterocycles. The molecule has 3 aromatic rings. The van der Waals surface area contributed by atoms with E-state index in [1.165, 1.54) is 24.3 Å². The van der Waals surface area contributed by atoms with Crippen molar-refractivity contribution in [2.75, 3.05) is 39.8 Å². The molecule has 2 saturated heterocycles. The van der Waals surface area contributed by atoms with Crippen molar-refractivity contribution in [1.82, 2.24) is 19.6 Å². The minimum absolute atomic E-state index is 0.152. The Bertz CT molecular complexity index is 1200. The van der Waals surface area contributed by atoms with Crippen LogP contribution in [0.3, 0.4) is 0 Å². The van der Waals surface area contributed by atoms with Crippen LogP contribution in [0.1, 0.15) is 28.9 Å². The molecule has 0 unspecified atom stereocenters. The van der Waals surface area contributed by atoms with E-state index in [4.69, 9.17) is 4.74 Å². The molecule has 5 rings (SSSR count). The lowest BCUT2D eigenvalue weighted by Crippen LogP contribution is -2.63. The highest BCUT2D eigenvalue weighted by Gasteiger charge is 2.40. The van der Waals surface area contributed by atoms with Crippen molar-refractivity contribution in [3.05, 3.63) is 77.9 Å². The normalized spacial score (nSPS) is 19.1. The van der Waals surface area contributed by atoms with Gasteiger partial charge in [-0.3, -0.25) is 4.79 Å². The van der Waals surface area contributed by atoms with Gasteiger partial charge in [0, 0.05) is 50.1 Å². The molecule has 0 atom stereocenters. The van der Waals surface area contributed by atoms with Crippen molar-refractivity contribution >= 4 is 5.91 Å². The van der Waals surface area contributed by atoms with Gasteiger partial charge < -0.3 is 24.7 Å². The van der Waals surface area contributed by atoms with Crippen molar-refractivity contribution < 1.29 is 24.1 Å². The van der Waals surface area contributed by atoms with Crippen LogP contribution in [0, 0.1) is 5.82 Å². The van der Waals surface area contributed by atoms with Crippen LogP contribution in [-0.2, 0) is 6.42 Å². The summed E-state index contributed by atoms with van der Waals surface area (Å²) in [5, 5.41) is 26.1. The van der Waals surface area contributed by atoms with Gasteiger partial charge >= 0.3 is 0 Å². The van der Waals surface area contributed by atoms with Crippen LogP contribution in [0.25, 0.3) is 5.69 Å². The number of nitrogens with zero attached hydrogens (tertiary/aromatic N) is 4. The molecule has 0 spiro atoms. The second kappa shape index (κ2) is 9.65. The van der Waals surface area contributed by atoms with Crippen LogP contribution in [-0.4, -0.2) is 86.7 Å². The third kappa shape index (κ3) is 5.28. The molecule has 0 bridgehead atoms. The van der Waals surface area contributed by atoms with Gasteiger partial charge in [-0.1, -0.05) is 0 Å². The highest BCUT2D eigenvalue weighted by molar-refractivity contribution is 5.94. The third-order valence-electron chi connectivity index (χ3n) is 7.02. The van der Waals surface area contributed by atoms with Gasteiger partial charge in [-0.05, 0) is 74.5 Å². The molecule has 36 heavy (non-hydrogen) atoms. The van der Waals surface area contributed by atoms with Gasteiger partial charge in [-0.25, -0.2) is 9.07 Å².